The van der Waals surface area contributed by atoms with E-state index in [0.29, 0.717) is 5.56 Å². The lowest BCUT2D eigenvalue weighted by Crippen LogP contribution is -2.03. The number of halogens is 3. The van der Waals surface area contributed by atoms with Crippen molar-refractivity contribution in [1.29, 1.82) is 0 Å². The van der Waals surface area contributed by atoms with Crippen LogP contribution in [0.5, 0.6) is 0 Å². The van der Waals surface area contributed by atoms with Crippen molar-refractivity contribution in [3.63, 3.8) is 0 Å². The van der Waals surface area contributed by atoms with Crippen molar-refractivity contribution < 1.29 is 0 Å². The maximum absolute atomic E-state index is 5.65. The van der Waals surface area contributed by atoms with E-state index in [1.54, 1.807) is 25.3 Å². The van der Waals surface area contributed by atoms with Crippen LogP contribution in [-0.4, -0.2) is 4.98 Å². The Balaban J connectivity index is 3.14. The predicted molar refractivity (Wildman–Crippen MR) is 48.2 cm³/mol. The summed E-state index contributed by atoms with van der Waals surface area (Å²) in [5.41, 5.74) is 1.37. The summed E-state index contributed by atoms with van der Waals surface area (Å²) in [6, 6.07) is 3.49. The summed E-state index contributed by atoms with van der Waals surface area (Å²) < 4.78 is -1.36. The maximum Gasteiger partial charge on any atom is 0.217 e. The molecule has 0 unspecified atom stereocenters. The highest BCUT2D eigenvalue weighted by molar-refractivity contribution is 6.66. The lowest BCUT2D eigenvalue weighted by Gasteiger charge is -2.12. The van der Waals surface area contributed by atoms with Crippen molar-refractivity contribution in [3.8, 4) is 0 Å². The van der Waals surface area contributed by atoms with Gasteiger partial charge < -0.3 is 0 Å². The molecule has 0 saturated carbocycles. The van der Waals surface area contributed by atoms with Crippen molar-refractivity contribution in [3.05, 3.63) is 29.6 Å². The van der Waals surface area contributed by atoms with E-state index in [0.717, 1.165) is 5.69 Å². The summed E-state index contributed by atoms with van der Waals surface area (Å²) in [4.78, 5) is 3.99. The third kappa shape index (κ3) is 2.22. The normalized spacial score (nSPS) is 11.6. The smallest absolute Gasteiger partial charge is 0.217 e. The average Bonchev–Trinajstić information content (AvgIpc) is 1.86. The standard InChI is InChI=1S/C7H6Cl3N/c1-5-6(7(8,9)10)3-2-4-11-5/h2-4H,1H3. The first-order chi connectivity index (χ1) is 5.02. The Bertz CT molecular complexity index is 254. The van der Waals surface area contributed by atoms with Crippen LogP contribution in [0.25, 0.3) is 0 Å². The van der Waals surface area contributed by atoms with Crippen molar-refractivity contribution in [2.45, 2.75) is 10.7 Å². The van der Waals surface area contributed by atoms with Crippen molar-refractivity contribution in [2.24, 2.45) is 0 Å². The molecule has 11 heavy (non-hydrogen) atoms. The first-order valence-corrected chi connectivity index (χ1v) is 4.14. The summed E-state index contributed by atoms with van der Waals surface area (Å²) >= 11 is 17.0. The minimum Gasteiger partial charge on any atom is -0.261 e. The number of hydrogen-bond donors (Lipinski definition) is 0. The number of aryl methyl sites for hydroxylation is 1. The summed E-state index contributed by atoms with van der Waals surface area (Å²) in [6.07, 6.45) is 1.66. The monoisotopic (exact) mass is 209 g/mol. The van der Waals surface area contributed by atoms with Gasteiger partial charge in [0.25, 0.3) is 0 Å². The summed E-state index contributed by atoms with van der Waals surface area (Å²) in [6.45, 7) is 1.80. The van der Waals surface area contributed by atoms with E-state index < -0.39 is 3.79 Å². The van der Waals surface area contributed by atoms with E-state index in [1.165, 1.54) is 0 Å². The zero-order chi connectivity index (χ0) is 8.48. The molecule has 1 nitrogen and oxygen atoms in total. The minimum atomic E-state index is -1.36. The molecule has 0 aliphatic heterocycles. The third-order valence-corrected chi connectivity index (χ3v) is 1.92. The molecule has 0 bridgehead atoms. The SMILES string of the molecule is Cc1ncccc1C(Cl)(Cl)Cl. The number of nitrogens with zero attached hydrogens (tertiary/aromatic N) is 1. The third-order valence-electron chi connectivity index (χ3n) is 1.31. The van der Waals surface area contributed by atoms with Gasteiger partial charge in [-0.1, -0.05) is 40.9 Å². The molecule has 60 valence electrons. The lowest BCUT2D eigenvalue weighted by atomic mass is 10.2. The quantitative estimate of drug-likeness (QED) is 0.599. The number of alkyl halides is 3. The fourth-order valence-electron chi connectivity index (χ4n) is 0.784. The predicted octanol–water partition coefficient (Wildman–Crippen LogP) is 3.22. The van der Waals surface area contributed by atoms with Gasteiger partial charge in [0.2, 0.25) is 3.79 Å². The van der Waals surface area contributed by atoms with E-state index in [9.17, 15) is 0 Å². The molecule has 0 N–H and O–H groups in total. The lowest BCUT2D eigenvalue weighted by molar-refractivity contribution is 1.09. The molecule has 0 fully saturated rings. The number of aromatic nitrogens is 1. The summed E-state index contributed by atoms with van der Waals surface area (Å²) in [7, 11) is 0. The Kier molecular flexibility index (Phi) is 2.63. The zero-order valence-corrected chi connectivity index (χ0v) is 8.08. The molecule has 0 radical (unpaired) electrons. The zero-order valence-electron chi connectivity index (χ0n) is 5.81. The van der Waals surface area contributed by atoms with Crippen LogP contribution in [0, 0.1) is 6.92 Å². The molecule has 0 aromatic carbocycles. The number of hydrogen-bond acceptors (Lipinski definition) is 1. The van der Waals surface area contributed by atoms with Gasteiger partial charge in [0.15, 0.2) is 0 Å². The molecule has 0 amide bonds. The first-order valence-electron chi connectivity index (χ1n) is 3.00. The van der Waals surface area contributed by atoms with Gasteiger partial charge in [0, 0.05) is 17.5 Å². The second kappa shape index (κ2) is 3.18. The molecular weight excluding hydrogens is 204 g/mol. The Morgan fingerprint density at radius 2 is 2.00 bits per heavy atom. The Labute approximate surface area is 80.3 Å². The van der Waals surface area contributed by atoms with E-state index >= 15 is 0 Å². The summed E-state index contributed by atoms with van der Waals surface area (Å²) in [5.74, 6) is 0. The van der Waals surface area contributed by atoms with Gasteiger partial charge in [-0.15, -0.1) is 0 Å². The van der Waals surface area contributed by atoms with E-state index in [1.807, 2.05) is 0 Å². The Morgan fingerprint density at radius 1 is 1.36 bits per heavy atom. The molecule has 4 heteroatoms. The van der Waals surface area contributed by atoms with Gasteiger partial charge in [-0.05, 0) is 13.0 Å². The molecule has 0 atom stereocenters. The Hall–Kier alpha value is 0.0200. The van der Waals surface area contributed by atoms with Crippen LogP contribution in [0.1, 0.15) is 11.3 Å². The van der Waals surface area contributed by atoms with E-state index in [4.69, 9.17) is 34.8 Å². The first kappa shape index (κ1) is 9.11. The molecule has 0 spiro atoms. The van der Waals surface area contributed by atoms with Gasteiger partial charge in [0.05, 0.1) is 0 Å². The fourth-order valence-corrected chi connectivity index (χ4v) is 1.38. The molecule has 1 rings (SSSR count). The maximum atomic E-state index is 5.65. The molecule has 1 heterocycles. The largest absolute Gasteiger partial charge is 0.261 e. The van der Waals surface area contributed by atoms with Crippen LogP contribution < -0.4 is 0 Å². The van der Waals surface area contributed by atoms with Crippen LogP contribution in [0.2, 0.25) is 0 Å². The van der Waals surface area contributed by atoms with Crippen molar-refractivity contribution >= 4 is 34.8 Å². The number of rotatable bonds is 0. The average molecular weight is 210 g/mol. The second-order valence-electron chi connectivity index (χ2n) is 2.13. The van der Waals surface area contributed by atoms with Gasteiger partial charge in [0.1, 0.15) is 0 Å². The summed E-state index contributed by atoms with van der Waals surface area (Å²) in [5, 5.41) is 0. The van der Waals surface area contributed by atoms with Crippen molar-refractivity contribution in [2.75, 3.05) is 0 Å². The fraction of sp³-hybridized carbons (Fsp3) is 0.286. The molecule has 1 aromatic heterocycles. The van der Waals surface area contributed by atoms with E-state index in [2.05, 4.69) is 4.98 Å². The topological polar surface area (TPSA) is 12.9 Å². The highest BCUT2D eigenvalue weighted by Crippen LogP contribution is 2.38. The van der Waals surface area contributed by atoms with Crippen LogP contribution in [-0.2, 0) is 3.79 Å². The second-order valence-corrected chi connectivity index (χ2v) is 4.42. The van der Waals surface area contributed by atoms with Gasteiger partial charge in [-0.3, -0.25) is 4.98 Å². The molecular formula is C7H6Cl3N. The van der Waals surface area contributed by atoms with Gasteiger partial charge in [-0.25, -0.2) is 0 Å². The van der Waals surface area contributed by atoms with Crippen molar-refractivity contribution in [1.82, 2.24) is 4.98 Å². The van der Waals surface area contributed by atoms with Gasteiger partial charge >= 0.3 is 0 Å². The minimum absolute atomic E-state index is 0.630. The van der Waals surface area contributed by atoms with Crippen LogP contribution in [0.3, 0.4) is 0 Å². The van der Waals surface area contributed by atoms with Gasteiger partial charge in [-0.2, -0.15) is 0 Å². The molecule has 0 aliphatic carbocycles. The molecule has 0 aliphatic rings. The Morgan fingerprint density at radius 3 is 2.36 bits per heavy atom. The highest BCUT2D eigenvalue weighted by atomic mass is 35.6. The molecule has 1 aromatic rings. The number of pyridine rings is 1. The van der Waals surface area contributed by atoms with Crippen LogP contribution >= 0.6 is 34.8 Å². The molecule has 0 saturated heterocycles. The highest BCUT2D eigenvalue weighted by Gasteiger charge is 2.24. The van der Waals surface area contributed by atoms with Crippen LogP contribution in [0.4, 0.5) is 0 Å². The van der Waals surface area contributed by atoms with Crippen LogP contribution in [0.15, 0.2) is 18.3 Å². The van der Waals surface area contributed by atoms with E-state index in [-0.39, 0.29) is 0 Å².